The summed E-state index contributed by atoms with van der Waals surface area (Å²) in [5, 5.41) is 23.6. The van der Waals surface area contributed by atoms with E-state index in [0.29, 0.717) is 19.3 Å². The maximum Gasteiger partial charge on any atom is 0.306 e. The lowest BCUT2D eigenvalue weighted by atomic mass is 10.0. The van der Waals surface area contributed by atoms with Crippen LogP contribution in [0.3, 0.4) is 0 Å². The number of rotatable bonds is 43. The zero-order chi connectivity index (χ0) is 41.7. The first-order valence-electron chi connectivity index (χ1n) is 24.4. The van der Waals surface area contributed by atoms with E-state index >= 15 is 0 Å². The zero-order valence-electron chi connectivity index (χ0n) is 37.7. The van der Waals surface area contributed by atoms with E-state index in [2.05, 4.69) is 74.7 Å². The largest absolute Gasteiger partial charge is 0.462 e. The molecule has 57 heavy (non-hydrogen) atoms. The molecule has 0 aliphatic rings. The molecule has 0 spiro atoms. The SMILES string of the molecule is CCCCC/C=C\C/C=C\C/C=C\C/C=C\CCCCCC(=O)OC(CCCCCCCCCCC)CC(=O)NC(CO)C(O)CCCCCCCCCCCC. The number of ether oxygens (including phenoxy) is 1. The number of carbonyl (C=O) groups is 2. The van der Waals surface area contributed by atoms with Gasteiger partial charge in [-0.15, -0.1) is 0 Å². The predicted octanol–water partition coefficient (Wildman–Crippen LogP) is 14.3. The number of aliphatic hydroxyl groups excluding tert-OH is 2. The van der Waals surface area contributed by atoms with Crippen LogP contribution in [0, 0.1) is 0 Å². The number of allylic oxidation sites excluding steroid dienone is 8. The van der Waals surface area contributed by atoms with Crippen molar-refractivity contribution in [1.82, 2.24) is 5.32 Å². The second-order valence-electron chi connectivity index (χ2n) is 16.5. The maximum atomic E-state index is 13.1. The third kappa shape index (κ3) is 40.4. The highest BCUT2D eigenvalue weighted by Gasteiger charge is 2.24. The van der Waals surface area contributed by atoms with E-state index in [0.717, 1.165) is 83.5 Å². The number of esters is 1. The lowest BCUT2D eigenvalue weighted by molar-refractivity contribution is -0.151. The van der Waals surface area contributed by atoms with Crippen molar-refractivity contribution in [3.63, 3.8) is 0 Å². The third-order valence-electron chi connectivity index (χ3n) is 10.9. The highest BCUT2D eigenvalue weighted by atomic mass is 16.5. The van der Waals surface area contributed by atoms with Crippen molar-refractivity contribution in [2.75, 3.05) is 6.61 Å². The second kappa shape index (κ2) is 44.9. The Labute approximate surface area is 353 Å². The first-order chi connectivity index (χ1) is 28.0. The van der Waals surface area contributed by atoms with Crippen LogP contribution in [0.1, 0.15) is 239 Å². The molecule has 0 aromatic rings. The van der Waals surface area contributed by atoms with Crippen LogP contribution in [0.25, 0.3) is 0 Å². The van der Waals surface area contributed by atoms with Crippen molar-refractivity contribution in [2.24, 2.45) is 0 Å². The molecule has 0 aromatic carbocycles. The first-order valence-corrected chi connectivity index (χ1v) is 24.4. The number of aliphatic hydroxyl groups is 2. The molecule has 0 aromatic heterocycles. The van der Waals surface area contributed by atoms with Crippen LogP contribution in [-0.4, -0.2) is 46.9 Å². The summed E-state index contributed by atoms with van der Waals surface area (Å²) in [5.41, 5.74) is 0. The number of unbranched alkanes of at least 4 members (excludes halogenated alkanes) is 23. The average molecular weight is 800 g/mol. The molecule has 332 valence electrons. The van der Waals surface area contributed by atoms with Crippen LogP contribution in [0.4, 0.5) is 0 Å². The van der Waals surface area contributed by atoms with Gasteiger partial charge in [0.1, 0.15) is 6.10 Å². The van der Waals surface area contributed by atoms with Gasteiger partial charge in [0.15, 0.2) is 0 Å². The molecule has 3 atom stereocenters. The molecule has 1 amide bonds. The molecule has 3 unspecified atom stereocenters. The highest BCUT2D eigenvalue weighted by molar-refractivity contribution is 5.77. The summed E-state index contributed by atoms with van der Waals surface area (Å²) in [6.07, 6.45) is 53.1. The molecular weight excluding hydrogens is 707 g/mol. The van der Waals surface area contributed by atoms with Crippen LogP contribution in [-0.2, 0) is 14.3 Å². The number of carbonyl (C=O) groups excluding carboxylic acids is 2. The van der Waals surface area contributed by atoms with E-state index in [9.17, 15) is 19.8 Å². The first kappa shape index (κ1) is 54.8. The lowest BCUT2D eigenvalue weighted by Gasteiger charge is -2.24. The monoisotopic (exact) mass is 800 g/mol. The minimum atomic E-state index is -0.789. The van der Waals surface area contributed by atoms with Gasteiger partial charge in [0.25, 0.3) is 0 Å². The molecular formula is C51H93NO5. The fraction of sp³-hybridized carbons (Fsp3) is 0.804. The van der Waals surface area contributed by atoms with E-state index in [1.807, 2.05) is 0 Å². The van der Waals surface area contributed by atoms with Gasteiger partial charge in [0.2, 0.25) is 5.91 Å². The van der Waals surface area contributed by atoms with Crippen molar-refractivity contribution in [3.8, 4) is 0 Å². The van der Waals surface area contributed by atoms with E-state index in [1.54, 1.807) is 0 Å². The molecule has 0 saturated heterocycles. The fourth-order valence-corrected chi connectivity index (χ4v) is 7.18. The number of hydrogen-bond donors (Lipinski definition) is 3. The smallest absolute Gasteiger partial charge is 0.306 e. The Morgan fingerprint density at radius 3 is 1.37 bits per heavy atom. The van der Waals surface area contributed by atoms with Crippen LogP contribution >= 0.6 is 0 Å². The van der Waals surface area contributed by atoms with Crippen molar-refractivity contribution >= 4 is 11.9 Å². The van der Waals surface area contributed by atoms with Crippen molar-refractivity contribution in [1.29, 1.82) is 0 Å². The third-order valence-corrected chi connectivity index (χ3v) is 10.9. The molecule has 3 N–H and O–H groups in total. The second-order valence-corrected chi connectivity index (χ2v) is 16.5. The summed E-state index contributed by atoms with van der Waals surface area (Å²) in [6.45, 7) is 6.41. The van der Waals surface area contributed by atoms with Crippen LogP contribution in [0.15, 0.2) is 48.6 Å². The lowest BCUT2D eigenvalue weighted by Crippen LogP contribution is -2.46. The van der Waals surface area contributed by atoms with E-state index in [-0.39, 0.29) is 24.9 Å². The Kier molecular flexibility index (Phi) is 43.2. The summed E-state index contributed by atoms with van der Waals surface area (Å²) in [6, 6.07) is -0.704. The quantitative estimate of drug-likeness (QED) is 0.0324. The Bertz CT molecular complexity index is 988. The molecule has 0 heterocycles. The summed E-state index contributed by atoms with van der Waals surface area (Å²) in [5.74, 6) is -0.509. The standard InChI is InChI=1S/C51H93NO5/c1-4-7-10-13-16-19-21-22-23-24-25-26-27-28-29-32-35-38-41-44-51(56)57-47(42-39-36-33-30-18-15-12-9-6-3)45-50(55)52-48(46-53)49(54)43-40-37-34-31-20-17-14-11-8-5-2/h16,19,22-23,25-26,28-29,47-49,53-54H,4-15,17-18,20-21,24,27,30-46H2,1-3H3,(H,52,55)/b19-16-,23-22-,26-25-,29-28-. The molecule has 6 nitrogen and oxygen atoms in total. The Morgan fingerprint density at radius 1 is 0.509 bits per heavy atom. The van der Waals surface area contributed by atoms with Gasteiger partial charge in [-0.05, 0) is 70.6 Å². The molecule has 0 saturated carbocycles. The molecule has 0 aliphatic heterocycles. The zero-order valence-corrected chi connectivity index (χ0v) is 37.7. The molecule has 0 fully saturated rings. The molecule has 6 heteroatoms. The summed E-state index contributed by atoms with van der Waals surface area (Å²) in [7, 11) is 0. The van der Waals surface area contributed by atoms with Gasteiger partial charge in [-0.3, -0.25) is 9.59 Å². The maximum absolute atomic E-state index is 13.1. The van der Waals surface area contributed by atoms with Gasteiger partial charge in [-0.25, -0.2) is 0 Å². The molecule has 0 radical (unpaired) electrons. The molecule has 0 bridgehead atoms. The number of hydrogen-bond acceptors (Lipinski definition) is 5. The Hall–Kier alpha value is -2.18. The predicted molar refractivity (Wildman–Crippen MR) is 245 cm³/mol. The summed E-state index contributed by atoms with van der Waals surface area (Å²) in [4.78, 5) is 26.0. The molecule has 0 rings (SSSR count). The van der Waals surface area contributed by atoms with E-state index in [1.165, 1.54) is 109 Å². The van der Waals surface area contributed by atoms with Gasteiger partial charge < -0.3 is 20.3 Å². The highest BCUT2D eigenvalue weighted by Crippen LogP contribution is 2.17. The summed E-state index contributed by atoms with van der Waals surface area (Å²) >= 11 is 0. The topological polar surface area (TPSA) is 95.9 Å². The average Bonchev–Trinajstić information content (AvgIpc) is 3.20. The fourth-order valence-electron chi connectivity index (χ4n) is 7.18. The normalized spacial score (nSPS) is 13.7. The minimum absolute atomic E-state index is 0.0658. The number of amides is 1. The number of nitrogens with one attached hydrogen (secondary N) is 1. The van der Waals surface area contributed by atoms with Crippen LogP contribution in [0.2, 0.25) is 0 Å². The molecule has 0 aliphatic carbocycles. The summed E-state index contributed by atoms with van der Waals surface area (Å²) < 4.78 is 5.89. The van der Waals surface area contributed by atoms with Gasteiger partial charge in [-0.1, -0.05) is 204 Å². The van der Waals surface area contributed by atoms with Crippen LogP contribution < -0.4 is 5.32 Å². The Balaban J connectivity index is 4.53. The van der Waals surface area contributed by atoms with Crippen molar-refractivity contribution in [3.05, 3.63) is 48.6 Å². The van der Waals surface area contributed by atoms with E-state index < -0.39 is 18.2 Å². The van der Waals surface area contributed by atoms with Crippen molar-refractivity contribution < 1.29 is 24.5 Å². The van der Waals surface area contributed by atoms with Gasteiger partial charge in [-0.2, -0.15) is 0 Å². The van der Waals surface area contributed by atoms with Gasteiger partial charge in [0, 0.05) is 6.42 Å². The Morgan fingerprint density at radius 2 is 0.895 bits per heavy atom. The van der Waals surface area contributed by atoms with Crippen LogP contribution in [0.5, 0.6) is 0 Å². The van der Waals surface area contributed by atoms with E-state index in [4.69, 9.17) is 4.74 Å². The van der Waals surface area contributed by atoms with Gasteiger partial charge >= 0.3 is 5.97 Å². The van der Waals surface area contributed by atoms with Gasteiger partial charge in [0.05, 0.1) is 25.2 Å². The van der Waals surface area contributed by atoms with Crippen molar-refractivity contribution in [2.45, 2.75) is 257 Å². The minimum Gasteiger partial charge on any atom is -0.462 e.